The van der Waals surface area contributed by atoms with Crippen LogP contribution in [0.3, 0.4) is 0 Å². The second-order valence-corrected chi connectivity index (χ2v) is 12.9. The molecule has 1 saturated heterocycles. The summed E-state index contributed by atoms with van der Waals surface area (Å²) in [5.74, 6) is 2.46. The SMILES string of the molecule is C#C[C@]1(CO[Si](C)(C)C(C)(C)C)O[C@@H](n2ccc(N)nc2=O)[C@H](O)[C@@H]1O. The van der Waals surface area contributed by atoms with Crippen LogP contribution in [0.4, 0.5) is 5.82 Å². The van der Waals surface area contributed by atoms with Crippen molar-refractivity contribution in [3.05, 3.63) is 22.7 Å². The first-order valence-corrected chi connectivity index (χ1v) is 11.3. The minimum atomic E-state index is -2.17. The number of hydrogen-bond acceptors (Lipinski definition) is 7. The number of terminal acetylenes is 1. The molecule has 0 aliphatic carbocycles. The van der Waals surface area contributed by atoms with Crippen molar-refractivity contribution in [2.75, 3.05) is 12.3 Å². The lowest BCUT2D eigenvalue weighted by atomic mass is 9.97. The van der Waals surface area contributed by atoms with E-state index in [1.165, 1.54) is 12.3 Å². The Morgan fingerprint density at radius 2 is 2.12 bits per heavy atom. The molecule has 1 aromatic rings. The van der Waals surface area contributed by atoms with Crippen LogP contribution in [-0.4, -0.2) is 52.5 Å². The molecule has 8 nitrogen and oxygen atoms in total. The number of nitrogens with zero attached hydrogens (tertiary/aromatic N) is 2. The Morgan fingerprint density at radius 1 is 1.50 bits per heavy atom. The van der Waals surface area contributed by atoms with Gasteiger partial charge in [-0.05, 0) is 24.2 Å². The first-order valence-electron chi connectivity index (χ1n) is 8.35. The molecule has 0 radical (unpaired) electrons. The zero-order valence-corrected chi connectivity index (χ0v) is 16.8. The summed E-state index contributed by atoms with van der Waals surface area (Å²) in [7, 11) is -2.17. The first kappa shape index (κ1) is 20.6. The molecule has 1 aliphatic heterocycles. The average Bonchev–Trinajstić information content (AvgIpc) is 2.78. The lowest BCUT2D eigenvalue weighted by Gasteiger charge is -2.39. The van der Waals surface area contributed by atoms with Gasteiger partial charge in [-0.3, -0.25) is 4.57 Å². The lowest BCUT2D eigenvalue weighted by Crippen LogP contribution is -2.51. The maximum absolute atomic E-state index is 12.1. The zero-order chi connectivity index (χ0) is 19.9. The van der Waals surface area contributed by atoms with Crippen molar-refractivity contribution in [3.63, 3.8) is 0 Å². The fourth-order valence-corrected chi connectivity index (χ4v) is 3.42. The normalized spacial score (nSPS) is 29.5. The van der Waals surface area contributed by atoms with Crippen molar-refractivity contribution in [2.24, 2.45) is 0 Å². The summed E-state index contributed by atoms with van der Waals surface area (Å²) in [6.45, 7) is 10.2. The van der Waals surface area contributed by atoms with E-state index in [9.17, 15) is 15.0 Å². The Kier molecular flexibility index (Phi) is 5.38. The molecule has 2 heterocycles. The maximum atomic E-state index is 12.1. The number of hydrogen-bond donors (Lipinski definition) is 3. The molecule has 4 atom stereocenters. The molecule has 1 aliphatic rings. The van der Waals surface area contributed by atoms with E-state index in [1.807, 2.05) is 13.1 Å². The molecule has 1 fully saturated rings. The highest BCUT2D eigenvalue weighted by Gasteiger charge is 2.55. The summed E-state index contributed by atoms with van der Waals surface area (Å²) in [6.07, 6.45) is 2.93. The Labute approximate surface area is 154 Å². The molecule has 1 aromatic heterocycles. The minimum absolute atomic E-state index is 0.0451. The first-order chi connectivity index (χ1) is 11.8. The molecular weight excluding hydrogens is 354 g/mol. The number of nitrogens with two attached hydrogens (primary N) is 1. The Bertz CT molecular complexity index is 767. The van der Waals surface area contributed by atoms with Crippen molar-refractivity contribution in [3.8, 4) is 12.3 Å². The van der Waals surface area contributed by atoms with Crippen LogP contribution < -0.4 is 11.4 Å². The van der Waals surface area contributed by atoms with E-state index in [0.717, 1.165) is 4.57 Å². The number of rotatable bonds is 4. The summed E-state index contributed by atoms with van der Waals surface area (Å²) in [4.78, 5) is 15.7. The van der Waals surface area contributed by atoms with Crippen LogP contribution in [0, 0.1) is 12.3 Å². The number of anilines is 1. The van der Waals surface area contributed by atoms with Gasteiger partial charge in [-0.1, -0.05) is 26.7 Å². The summed E-state index contributed by atoms with van der Waals surface area (Å²) in [5.41, 5.74) is 3.20. The van der Waals surface area contributed by atoms with E-state index in [2.05, 4.69) is 31.7 Å². The second-order valence-electron chi connectivity index (χ2n) is 8.07. The third kappa shape index (κ3) is 3.56. The minimum Gasteiger partial charge on any atom is -0.413 e. The van der Waals surface area contributed by atoms with Gasteiger partial charge in [0.2, 0.25) is 0 Å². The predicted octanol–water partition coefficient (Wildman–Crippen LogP) is 0.470. The van der Waals surface area contributed by atoms with Gasteiger partial charge >= 0.3 is 5.69 Å². The van der Waals surface area contributed by atoms with Crippen LogP contribution >= 0.6 is 0 Å². The molecule has 26 heavy (non-hydrogen) atoms. The maximum Gasteiger partial charge on any atom is 0.351 e. The molecule has 0 unspecified atom stereocenters. The molecule has 0 spiro atoms. The summed E-state index contributed by atoms with van der Waals surface area (Å²) >= 11 is 0. The van der Waals surface area contributed by atoms with E-state index >= 15 is 0 Å². The third-order valence-electron chi connectivity index (χ3n) is 5.25. The van der Waals surface area contributed by atoms with Crippen molar-refractivity contribution < 1.29 is 19.4 Å². The van der Waals surface area contributed by atoms with Crippen LogP contribution in [0.15, 0.2) is 17.1 Å². The van der Waals surface area contributed by atoms with Crippen LogP contribution in [0.25, 0.3) is 0 Å². The van der Waals surface area contributed by atoms with Gasteiger partial charge in [0.25, 0.3) is 0 Å². The number of aromatic nitrogens is 2. The lowest BCUT2D eigenvalue weighted by molar-refractivity contribution is -0.0910. The van der Waals surface area contributed by atoms with Crippen molar-refractivity contribution in [2.45, 2.75) is 62.9 Å². The van der Waals surface area contributed by atoms with Crippen LogP contribution in [0.5, 0.6) is 0 Å². The summed E-state index contributed by atoms with van der Waals surface area (Å²) in [6, 6.07) is 1.39. The van der Waals surface area contributed by atoms with Crippen molar-refractivity contribution >= 4 is 14.1 Å². The van der Waals surface area contributed by atoms with Gasteiger partial charge in [0.1, 0.15) is 18.0 Å². The predicted molar refractivity (Wildman–Crippen MR) is 99.8 cm³/mol. The molecule has 9 heteroatoms. The number of nitrogen functional groups attached to an aromatic ring is 1. The molecule has 0 bridgehead atoms. The van der Waals surface area contributed by atoms with Crippen LogP contribution in [0.2, 0.25) is 18.1 Å². The van der Waals surface area contributed by atoms with Crippen LogP contribution in [-0.2, 0) is 9.16 Å². The highest BCUT2D eigenvalue weighted by atomic mass is 28.4. The molecule has 0 amide bonds. The van der Waals surface area contributed by atoms with Gasteiger partial charge in [-0.2, -0.15) is 4.98 Å². The Balaban J connectivity index is 2.30. The topological polar surface area (TPSA) is 120 Å². The molecule has 0 aromatic carbocycles. The molecule has 144 valence electrons. The van der Waals surface area contributed by atoms with Crippen LogP contribution in [0.1, 0.15) is 27.0 Å². The summed E-state index contributed by atoms with van der Waals surface area (Å²) < 4.78 is 12.9. The van der Waals surface area contributed by atoms with E-state index in [-0.39, 0.29) is 17.5 Å². The smallest absolute Gasteiger partial charge is 0.351 e. The number of aliphatic hydroxyl groups is 2. The molecule has 2 rings (SSSR count). The standard InChI is InChI=1S/C17H27N3O5Si/c1-7-17(10-24-26(5,6)16(2,3)4)13(22)12(21)14(25-17)20-9-8-11(18)19-15(20)23/h1,8-9,12-14,21-22H,10H2,2-6H3,(H2,18,19,23)/t12-,13+,14-,17-/m1/s1. The van der Waals surface area contributed by atoms with E-state index in [4.69, 9.17) is 21.3 Å². The fraction of sp³-hybridized carbons (Fsp3) is 0.647. The molecular formula is C17H27N3O5Si. The van der Waals surface area contributed by atoms with E-state index < -0.39 is 38.0 Å². The summed E-state index contributed by atoms with van der Waals surface area (Å²) in [5, 5.41) is 20.9. The van der Waals surface area contributed by atoms with Gasteiger partial charge in [-0.25, -0.2) is 4.79 Å². The van der Waals surface area contributed by atoms with Crippen molar-refractivity contribution in [1.29, 1.82) is 0 Å². The number of aliphatic hydroxyl groups excluding tert-OH is 2. The molecule has 0 saturated carbocycles. The van der Waals surface area contributed by atoms with Gasteiger partial charge in [0.15, 0.2) is 20.1 Å². The van der Waals surface area contributed by atoms with Crippen molar-refractivity contribution in [1.82, 2.24) is 9.55 Å². The highest BCUT2D eigenvalue weighted by Crippen LogP contribution is 2.40. The molecule has 4 N–H and O–H groups in total. The second kappa shape index (κ2) is 6.79. The van der Waals surface area contributed by atoms with Gasteiger partial charge in [0, 0.05) is 6.20 Å². The third-order valence-corrected chi connectivity index (χ3v) is 9.73. The quantitative estimate of drug-likeness (QED) is 0.512. The average molecular weight is 382 g/mol. The van der Waals surface area contributed by atoms with E-state index in [0.29, 0.717) is 0 Å². The highest BCUT2D eigenvalue weighted by molar-refractivity contribution is 6.74. The largest absolute Gasteiger partial charge is 0.413 e. The number of ether oxygens (including phenoxy) is 1. The van der Waals surface area contributed by atoms with Gasteiger partial charge < -0.3 is 25.1 Å². The van der Waals surface area contributed by atoms with Gasteiger partial charge in [0.05, 0.1) is 6.61 Å². The Hall–Kier alpha value is -1.70. The zero-order valence-electron chi connectivity index (χ0n) is 15.8. The fourth-order valence-electron chi connectivity index (χ4n) is 2.41. The van der Waals surface area contributed by atoms with E-state index in [1.54, 1.807) is 0 Å². The Morgan fingerprint density at radius 3 is 2.62 bits per heavy atom. The van der Waals surface area contributed by atoms with Gasteiger partial charge in [-0.15, -0.1) is 6.42 Å². The monoisotopic (exact) mass is 381 g/mol.